The van der Waals surface area contributed by atoms with E-state index in [9.17, 15) is 5.11 Å². The Morgan fingerprint density at radius 2 is 1.95 bits per heavy atom. The Labute approximate surface area is 120 Å². The second-order valence-corrected chi connectivity index (χ2v) is 5.07. The summed E-state index contributed by atoms with van der Waals surface area (Å²) in [4.78, 5) is 2.18. The maximum absolute atomic E-state index is 9.65. The molecular formula is C16H23N3O. The van der Waals surface area contributed by atoms with E-state index in [2.05, 4.69) is 24.0 Å². The molecule has 0 saturated heterocycles. The molecule has 0 fully saturated rings. The maximum Gasteiger partial charge on any atom is 0.137 e. The largest absolute Gasteiger partial charge is 0.391 e. The molecule has 1 aromatic heterocycles. The number of aromatic nitrogens is 2. The van der Waals surface area contributed by atoms with E-state index in [-0.39, 0.29) is 6.61 Å². The summed E-state index contributed by atoms with van der Waals surface area (Å²) in [6, 6.07) is 10.1. The van der Waals surface area contributed by atoms with Gasteiger partial charge in [-0.1, -0.05) is 31.5 Å². The predicted molar refractivity (Wildman–Crippen MR) is 82.4 cm³/mol. The van der Waals surface area contributed by atoms with Crippen LogP contribution in [0.1, 0.15) is 31.0 Å². The van der Waals surface area contributed by atoms with Crippen molar-refractivity contribution in [3.63, 3.8) is 0 Å². The normalized spacial score (nSPS) is 10.8. The number of aryl methyl sites for hydroxylation is 1. The van der Waals surface area contributed by atoms with Crippen molar-refractivity contribution < 1.29 is 5.11 Å². The molecule has 0 amide bonds. The van der Waals surface area contributed by atoms with Crippen molar-refractivity contribution in [2.24, 2.45) is 0 Å². The molecule has 0 aliphatic heterocycles. The number of benzene rings is 1. The molecule has 1 N–H and O–H groups in total. The van der Waals surface area contributed by atoms with Crippen LogP contribution < -0.4 is 4.90 Å². The van der Waals surface area contributed by atoms with Crippen molar-refractivity contribution in [2.75, 3.05) is 18.5 Å². The van der Waals surface area contributed by atoms with Crippen molar-refractivity contribution in [3.8, 4) is 5.69 Å². The van der Waals surface area contributed by atoms with Gasteiger partial charge in [0.1, 0.15) is 5.82 Å². The highest BCUT2D eigenvalue weighted by atomic mass is 16.3. The van der Waals surface area contributed by atoms with E-state index in [1.54, 1.807) is 0 Å². The molecule has 2 rings (SSSR count). The first-order chi connectivity index (χ1) is 9.69. The Morgan fingerprint density at radius 3 is 2.55 bits per heavy atom. The average molecular weight is 273 g/mol. The van der Waals surface area contributed by atoms with Gasteiger partial charge in [0.15, 0.2) is 0 Å². The molecule has 0 atom stereocenters. The molecule has 0 radical (unpaired) electrons. The third-order valence-electron chi connectivity index (χ3n) is 3.52. The first-order valence-electron chi connectivity index (χ1n) is 7.15. The van der Waals surface area contributed by atoms with Crippen molar-refractivity contribution >= 4 is 5.82 Å². The zero-order valence-electron chi connectivity index (χ0n) is 12.5. The van der Waals surface area contributed by atoms with E-state index in [1.807, 2.05) is 41.9 Å². The van der Waals surface area contributed by atoms with Gasteiger partial charge in [-0.2, -0.15) is 5.10 Å². The zero-order chi connectivity index (χ0) is 14.5. The summed E-state index contributed by atoms with van der Waals surface area (Å²) in [5.41, 5.74) is 2.82. The van der Waals surface area contributed by atoms with Crippen LogP contribution in [0.5, 0.6) is 0 Å². The summed E-state index contributed by atoms with van der Waals surface area (Å²) in [5.74, 6) is 0.990. The van der Waals surface area contributed by atoms with Gasteiger partial charge in [-0.25, -0.2) is 4.68 Å². The number of hydrogen-bond donors (Lipinski definition) is 1. The monoisotopic (exact) mass is 273 g/mol. The van der Waals surface area contributed by atoms with Gasteiger partial charge in [-0.05, 0) is 25.5 Å². The highest BCUT2D eigenvalue weighted by Gasteiger charge is 2.18. The molecule has 0 aliphatic rings. The van der Waals surface area contributed by atoms with Crippen LogP contribution in [-0.4, -0.2) is 28.5 Å². The Bertz CT molecular complexity index is 548. The van der Waals surface area contributed by atoms with E-state index < -0.39 is 0 Å². The minimum Gasteiger partial charge on any atom is -0.391 e. The third-order valence-corrected chi connectivity index (χ3v) is 3.52. The summed E-state index contributed by atoms with van der Waals surface area (Å²) in [6.07, 6.45) is 2.28. The van der Waals surface area contributed by atoms with Crippen LogP contribution in [0.2, 0.25) is 0 Å². The van der Waals surface area contributed by atoms with Gasteiger partial charge in [-0.15, -0.1) is 0 Å². The fourth-order valence-electron chi connectivity index (χ4n) is 2.37. The molecular weight excluding hydrogens is 250 g/mol. The summed E-state index contributed by atoms with van der Waals surface area (Å²) >= 11 is 0. The van der Waals surface area contributed by atoms with Crippen LogP contribution in [-0.2, 0) is 6.61 Å². The number of hydrogen-bond acceptors (Lipinski definition) is 3. The standard InChI is InChI=1S/C16H23N3O/c1-4-5-11-18(3)16-15(12-20)13(2)17-19(16)14-9-7-6-8-10-14/h6-10,20H,4-5,11-12H2,1-3H3. The number of unbranched alkanes of at least 4 members (excludes halogenated alkanes) is 1. The minimum absolute atomic E-state index is 0.0183. The summed E-state index contributed by atoms with van der Waals surface area (Å²) in [5, 5.41) is 14.2. The molecule has 1 aromatic carbocycles. The molecule has 20 heavy (non-hydrogen) atoms. The van der Waals surface area contributed by atoms with E-state index in [4.69, 9.17) is 0 Å². The fourth-order valence-corrected chi connectivity index (χ4v) is 2.37. The van der Waals surface area contributed by atoms with Crippen LogP contribution in [0.3, 0.4) is 0 Å². The lowest BCUT2D eigenvalue weighted by Gasteiger charge is -2.21. The van der Waals surface area contributed by atoms with Gasteiger partial charge in [0.2, 0.25) is 0 Å². The number of anilines is 1. The van der Waals surface area contributed by atoms with E-state index in [0.717, 1.165) is 42.1 Å². The Balaban J connectivity index is 2.46. The third kappa shape index (κ3) is 2.85. The lowest BCUT2D eigenvalue weighted by molar-refractivity contribution is 0.281. The lowest BCUT2D eigenvalue weighted by Crippen LogP contribution is -2.22. The van der Waals surface area contributed by atoms with Crippen molar-refractivity contribution in [1.29, 1.82) is 0 Å². The second-order valence-electron chi connectivity index (χ2n) is 5.07. The fraction of sp³-hybridized carbons (Fsp3) is 0.438. The molecule has 0 spiro atoms. The van der Waals surface area contributed by atoms with Gasteiger partial charge in [0, 0.05) is 19.2 Å². The molecule has 4 nitrogen and oxygen atoms in total. The Kier molecular flexibility index (Phi) is 4.79. The molecule has 108 valence electrons. The van der Waals surface area contributed by atoms with Crippen LogP contribution in [0, 0.1) is 6.92 Å². The summed E-state index contributed by atoms with van der Waals surface area (Å²) < 4.78 is 1.93. The molecule has 0 bridgehead atoms. The first kappa shape index (κ1) is 14.6. The predicted octanol–water partition coefficient (Wildman–Crippen LogP) is 2.91. The number of para-hydroxylation sites is 1. The molecule has 0 saturated carbocycles. The van der Waals surface area contributed by atoms with Crippen LogP contribution >= 0.6 is 0 Å². The number of aliphatic hydroxyl groups excluding tert-OH is 1. The molecule has 0 aliphatic carbocycles. The molecule has 4 heteroatoms. The van der Waals surface area contributed by atoms with Gasteiger partial charge in [0.05, 0.1) is 18.0 Å². The van der Waals surface area contributed by atoms with Crippen LogP contribution in [0.25, 0.3) is 5.69 Å². The Morgan fingerprint density at radius 1 is 1.25 bits per heavy atom. The van der Waals surface area contributed by atoms with E-state index in [1.165, 1.54) is 0 Å². The van der Waals surface area contributed by atoms with Crippen molar-refractivity contribution in [3.05, 3.63) is 41.6 Å². The zero-order valence-corrected chi connectivity index (χ0v) is 12.5. The van der Waals surface area contributed by atoms with E-state index >= 15 is 0 Å². The second kappa shape index (κ2) is 6.57. The van der Waals surface area contributed by atoms with Gasteiger partial charge in [-0.3, -0.25) is 0 Å². The van der Waals surface area contributed by atoms with Crippen molar-refractivity contribution in [1.82, 2.24) is 9.78 Å². The number of rotatable bonds is 6. The number of nitrogens with zero attached hydrogens (tertiary/aromatic N) is 3. The topological polar surface area (TPSA) is 41.3 Å². The summed E-state index contributed by atoms with van der Waals surface area (Å²) in [7, 11) is 2.06. The Hall–Kier alpha value is -1.81. The minimum atomic E-state index is 0.0183. The smallest absolute Gasteiger partial charge is 0.137 e. The lowest BCUT2D eigenvalue weighted by atomic mass is 10.2. The van der Waals surface area contributed by atoms with Crippen LogP contribution in [0.15, 0.2) is 30.3 Å². The average Bonchev–Trinajstić information content (AvgIpc) is 2.82. The highest BCUT2D eigenvalue weighted by Crippen LogP contribution is 2.26. The number of aliphatic hydroxyl groups is 1. The summed E-state index contributed by atoms with van der Waals surface area (Å²) in [6.45, 7) is 5.11. The highest BCUT2D eigenvalue weighted by molar-refractivity contribution is 5.54. The van der Waals surface area contributed by atoms with Gasteiger partial charge in [0.25, 0.3) is 0 Å². The molecule has 2 aromatic rings. The van der Waals surface area contributed by atoms with Crippen LogP contribution in [0.4, 0.5) is 5.82 Å². The first-order valence-corrected chi connectivity index (χ1v) is 7.15. The van der Waals surface area contributed by atoms with Crippen molar-refractivity contribution in [2.45, 2.75) is 33.3 Å². The molecule has 1 heterocycles. The SMILES string of the molecule is CCCCN(C)c1c(CO)c(C)nn1-c1ccccc1. The van der Waals surface area contributed by atoms with E-state index in [0.29, 0.717) is 0 Å². The van der Waals surface area contributed by atoms with Gasteiger partial charge >= 0.3 is 0 Å². The maximum atomic E-state index is 9.65. The molecule has 0 unspecified atom stereocenters. The quantitative estimate of drug-likeness (QED) is 0.880. The van der Waals surface area contributed by atoms with Gasteiger partial charge < -0.3 is 10.0 Å².